The Kier molecular flexibility index (Phi) is 28.2. The van der Waals surface area contributed by atoms with Gasteiger partial charge >= 0.3 is 5.97 Å². The number of ether oxygens (including phenoxy) is 1. The van der Waals surface area contributed by atoms with Crippen LogP contribution >= 0.6 is 0 Å². The summed E-state index contributed by atoms with van der Waals surface area (Å²) in [6, 6.07) is 0. The van der Waals surface area contributed by atoms with E-state index in [1.165, 1.54) is 141 Å². The Morgan fingerprint density at radius 2 is 0.794 bits per heavy atom. The molecule has 0 amide bonds. The van der Waals surface area contributed by atoms with Crippen molar-refractivity contribution in [3.05, 3.63) is 0 Å². The third kappa shape index (κ3) is 26.0. The van der Waals surface area contributed by atoms with E-state index in [2.05, 4.69) is 25.7 Å². The summed E-state index contributed by atoms with van der Waals surface area (Å²) in [6.45, 7) is 10.0. The molecule has 0 aliphatic heterocycles. The molecule has 0 spiro atoms. The molecule has 0 aliphatic rings. The van der Waals surface area contributed by atoms with Gasteiger partial charge in [0.1, 0.15) is 0 Å². The molecule has 0 N–H and O–H groups in total. The molecule has 0 aromatic carbocycles. The molecular formula is C31H63NO2. The number of esters is 1. The summed E-state index contributed by atoms with van der Waals surface area (Å²) in [4.78, 5) is 14.8. The Morgan fingerprint density at radius 3 is 1.18 bits per heavy atom. The van der Waals surface area contributed by atoms with Gasteiger partial charge in [-0.05, 0) is 32.4 Å². The highest BCUT2D eigenvalue weighted by atomic mass is 16.5. The Labute approximate surface area is 215 Å². The molecule has 0 radical (unpaired) electrons. The van der Waals surface area contributed by atoms with Crippen molar-refractivity contribution in [3.63, 3.8) is 0 Å². The molecule has 3 heteroatoms. The average molecular weight is 482 g/mol. The van der Waals surface area contributed by atoms with Gasteiger partial charge in [0.05, 0.1) is 13.2 Å². The average Bonchev–Trinajstić information content (AvgIpc) is 2.83. The topological polar surface area (TPSA) is 29.5 Å². The number of rotatable bonds is 28. The van der Waals surface area contributed by atoms with Gasteiger partial charge in [0.2, 0.25) is 0 Å². The molecule has 204 valence electrons. The molecule has 0 bridgehead atoms. The maximum Gasteiger partial charge on any atom is 0.320 e. The normalized spacial score (nSPS) is 11.4. The predicted molar refractivity (Wildman–Crippen MR) is 151 cm³/mol. The van der Waals surface area contributed by atoms with Crippen LogP contribution in [0.2, 0.25) is 0 Å². The highest BCUT2D eigenvalue weighted by molar-refractivity contribution is 5.71. The smallest absolute Gasteiger partial charge is 0.320 e. The first-order chi connectivity index (χ1) is 16.7. The number of hydrogen-bond donors (Lipinski definition) is 0. The van der Waals surface area contributed by atoms with E-state index in [1.807, 2.05) is 0 Å². The highest BCUT2D eigenvalue weighted by Gasteiger charge is 2.11. The summed E-state index contributed by atoms with van der Waals surface area (Å²) in [6.07, 6.45) is 30.3. The first-order valence-electron chi connectivity index (χ1n) is 15.6. The van der Waals surface area contributed by atoms with Gasteiger partial charge in [-0.3, -0.25) is 9.69 Å². The van der Waals surface area contributed by atoms with E-state index in [4.69, 9.17) is 4.74 Å². The lowest BCUT2D eigenvalue weighted by molar-refractivity contribution is -0.145. The number of carbonyl (C=O) groups is 1. The molecule has 0 aromatic rings. The van der Waals surface area contributed by atoms with E-state index in [9.17, 15) is 4.79 Å². The van der Waals surface area contributed by atoms with Gasteiger partial charge in [-0.15, -0.1) is 0 Å². The largest absolute Gasteiger partial charge is 0.465 e. The van der Waals surface area contributed by atoms with Crippen molar-refractivity contribution in [1.29, 1.82) is 0 Å². The predicted octanol–water partition coefficient (Wildman–Crippen LogP) is 9.86. The van der Waals surface area contributed by atoms with E-state index in [-0.39, 0.29) is 5.97 Å². The molecule has 0 fully saturated rings. The van der Waals surface area contributed by atoms with E-state index in [1.54, 1.807) is 0 Å². The van der Waals surface area contributed by atoms with Gasteiger partial charge in [0.15, 0.2) is 0 Å². The van der Waals surface area contributed by atoms with Crippen LogP contribution in [0.5, 0.6) is 0 Å². The van der Waals surface area contributed by atoms with Crippen molar-refractivity contribution in [1.82, 2.24) is 4.90 Å². The summed E-state index contributed by atoms with van der Waals surface area (Å²) in [5.41, 5.74) is 0. The van der Waals surface area contributed by atoms with Crippen molar-refractivity contribution in [2.24, 2.45) is 0 Å². The van der Waals surface area contributed by atoms with Gasteiger partial charge in [-0.25, -0.2) is 0 Å². The zero-order valence-electron chi connectivity index (χ0n) is 23.9. The maximum absolute atomic E-state index is 12.4. The number of carbonyl (C=O) groups excluding carboxylic acids is 1. The summed E-state index contributed by atoms with van der Waals surface area (Å²) in [5.74, 6) is -0.00915. The van der Waals surface area contributed by atoms with Crippen LogP contribution in [-0.4, -0.2) is 37.1 Å². The lowest BCUT2D eigenvalue weighted by Crippen LogP contribution is -2.33. The number of hydrogen-bond acceptors (Lipinski definition) is 3. The zero-order chi connectivity index (χ0) is 25.0. The van der Waals surface area contributed by atoms with Crippen LogP contribution in [0.1, 0.15) is 168 Å². The van der Waals surface area contributed by atoms with Gasteiger partial charge in [-0.2, -0.15) is 0 Å². The fourth-order valence-corrected chi connectivity index (χ4v) is 4.68. The molecule has 0 rings (SSSR count). The third-order valence-corrected chi connectivity index (χ3v) is 7.02. The Hall–Kier alpha value is -0.570. The lowest BCUT2D eigenvalue weighted by atomic mass is 10.1. The molecule has 34 heavy (non-hydrogen) atoms. The first kappa shape index (κ1) is 33.4. The second kappa shape index (κ2) is 28.7. The minimum Gasteiger partial charge on any atom is -0.465 e. The van der Waals surface area contributed by atoms with Gasteiger partial charge in [0.25, 0.3) is 0 Å². The fraction of sp³-hybridized carbons (Fsp3) is 0.968. The summed E-state index contributed by atoms with van der Waals surface area (Å²) in [5, 5.41) is 0. The Balaban J connectivity index is 4.02. The van der Waals surface area contributed by atoms with Crippen LogP contribution in [0, 0.1) is 0 Å². The van der Waals surface area contributed by atoms with E-state index >= 15 is 0 Å². The summed E-state index contributed by atoms with van der Waals surface area (Å²) >= 11 is 0. The van der Waals surface area contributed by atoms with Gasteiger partial charge in [-0.1, -0.05) is 149 Å². The number of nitrogens with zero attached hydrogens (tertiary/aromatic N) is 1. The first-order valence-corrected chi connectivity index (χ1v) is 15.6. The van der Waals surface area contributed by atoms with Crippen LogP contribution in [0.15, 0.2) is 0 Å². The third-order valence-electron chi connectivity index (χ3n) is 7.02. The molecule has 0 aliphatic carbocycles. The Morgan fingerprint density at radius 1 is 0.471 bits per heavy atom. The summed E-state index contributed by atoms with van der Waals surface area (Å²) in [7, 11) is 0. The van der Waals surface area contributed by atoms with Crippen LogP contribution in [0.25, 0.3) is 0 Å². The van der Waals surface area contributed by atoms with E-state index < -0.39 is 0 Å². The molecule has 0 atom stereocenters. The molecule has 0 saturated heterocycles. The minimum atomic E-state index is -0.00915. The lowest BCUT2D eigenvalue weighted by Gasteiger charge is -2.21. The molecule has 0 unspecified atom stereocenters. The van der Waals surface area contributed by atoms with Crippen molar-refractivity contribution in [3.8, 4) is 0 Å². The molecule has 0 heterocycles. The van der Waals surface area contributed by atoms with Crippen molar-refractivity contribution in [2.45, 2.75) is 168 Å². The number of unbranched alkanes of at least 4 members (excludes halogenated alkanes) is 20. The standard InChI is InChI=1S/C31H63NO2/c1-4-7-10-13-16-18-21-24-27-32(28-25-22-19-17-14-11-8-5-2)30-31(33)34-29-26-23-20-15-12-9-6-3/h4-30H2,1-3H3. The van der Waals surface area contributed by atoms with Crippen LogP contribution in [0.3, 0.4) is 0 Å². The van der Waals surface area contributed by atoms with Gasteiger partial charge in [0, 0.05) is 0 Å². The second-order valence-electron chi connectivity index (χ2n) is 10.6. The maximum atomic E-state index is 12.4. The van der Waals surface area contributed by atoms with Gasteiger partial charge < -0.3 is 4.74 Å². The monoisotopic (exact) mass is 481 g/mol. The molecule has 3 nitrogen and oxygen atoms in total. The molecule has 0 saturated carbocycles. The second-order valence-corrected chi connectivity index (χ2v) is 10.6. The van der Waals surface area contributed by atoms with Crippen molar-refractivity contribution >= 4 is 5.97 Å². The van der Waals surface area contributed by atoms with Crippen LogP contribution in [0.4, 0.5) is 0 Å². The molecular weight excluding hydrogens is 418 g/mol. The fourth-order valence-electron chi connectivity index (χ4n) is 4.68. The van der Waals surface area contributed by atoms with Crippen molar-refractivity contribution in [2.75, 3.05) is 26.2 Å². The molecule has 0 aromatic heterocycles. The summed E-state index contributed by atoms with van der Waals surface area (Å²) < 4.78 is 5.58. The Bertz CT molecular complexity index is 379. The quantitative estimate of drug-likeness (QED) is 0.0822. The van der Waals surface area contributed by atoms with E-state index in [0.717, 1.165) is 19.5 Å². The van der Waals surface area contributed by atoms with E-state index in [0.29, 0.717) is 13.2 Å². The van der Waals surface area contributed by atoms with Crippen LogP contribution in [-0.2, 0) is 9.53 Å². The minimum absolute atomic E-state index is 0.00915. The SMILES string of the molecule is CCCCCCCCCCN(CCCCCCCCCC)CC(=O)OCCCCCCCCC. The zero-order valence-corrected chi connectivity index (χ0v) is 23.9. The highest BCUT2D eigenvalue weighted by Crippen LogP contribution is 2.12. The van der Waals surface area contributed by atoms with Crippen molar-refractivity contribution < 1.29 is 9.53 Å². The van der Waals surface area contributed by atoms with Crippen LogP contribution < -0.4 is 0 Å².